The van der Waals surface area contributed by atoms with Crippen molar-refractivity contribution in [1.29, 1.82) is 0 Å². The number of fused-ring (bicyclic) bond motifs is 5. The first-order chi connectivity index (χ1) is 22.8. The molecule has 1 aromatic rings. The number of aromatic nitrogens is 2. The van der Waals surface area contributed by atoms with Crippen molar-refractivity contribution in [2.24, 2.45) is 46.3 Å². The number of nitrogens with one attached hydrogen (secondary N) is 1. The van der Waals surface area contributed by atoms with Gasteiger partial charge in [-0.25, -0.2) is 4.79 Å². The third kappa shape index (κ3) is 6.20. The molecule has 4 unspecified atom stereocenters. The van der Waals surface area contributed by atoms with Gasteiger partial charge in [-0.2, -0.15) is 4.98 Å². The number of hydrogen-bond donors (Lipinski definition) is 7. The van der Waals surface area contributed by atoms with Gasteiger partial charge in [0.15, 0.2) is 0 Å². The zero-order chi connectivity index (χ0) is 34.5. The van der Waals surface area contributed by atoms with Gasteiger partial charge in [-0.3, -0.25) is 9.36 Å². The number of hydrogen-bond acceptors (Lipinski definition) is 10. The van der Waals surface area contributed by atoms with Crippen molar-refractivity contribution in [3.05, 3.63) is 22.2 Å². The normalized spacial score (nSPS) is 42.5. The number of nitrogens with zero attached hydrogens (tertiary/aromatic N) is 2. The van der Waals surface area contributed by atoms with E-state index in [1.807, 2.05) is 0 Å². The zero-order valence-corrected chi connectivity index (χ0v) is 28.4. The summed E-state index contributed by atoms with van der Waals surface area (Å²) in [6.07, 6.45) is 4.75. The zero-order valence-electron chi connectivity index (χ0n) is 28.4. The fourth-order valence-corrected chi connectivity index (χ4v) is 10.9. The van der Waals surface area contributed by atoms with Gasteiger partial charge >= 0.3 is 5.69 Å². The van der Waals surface area contributed by atoms with Crippen LogP contribution in [-0.4, -0.2) is 84.7 Å². The Kier molecular flexibility index (Phi) is 10.0. The Morgan fingerprint density at radius 1 is 1.12 bits per heavy atom. The summed E-state index contributed by atoms with van der Waals surface area (Å²) in [5.41, 5.74) is 5.28. The van der Waals surface area contributed by atoms with Crippen LogP contribution < -0.4 is 16.7 Å². The van der Waals surface area contributed by atoms with Gasteiger partial charge in [0.1, 0.15) is 18.1 Å². The molecule has 5 aliphatic rings. The lowest BCUT2D eigenvalue weighted by atomic mass is 9.43. The highest BCUT2D eigenvalue weighted by molar-refractivity contribution is 5.76. The van der Waals surface area contributed by atoms with Crippen molar-refractivity contribution in [3.63, 3.8) is 0 Å². The van der Waals surface area contributed by atoms with Gasteiger partial charge in [0, 0.05) is 19.0 Å². The molecule has 0 bridgehead atoms. The van der Waals surface area contributed by atoms with Crippen LogP contribution in [0.25, 0.3) is 0 Å². The van der Waals surface area contributed by atoms with E-state index in [-0.39, 0.29) is 83.4 Å². The first-order valence-corrected chi connectivity index (χ1v) is 17.9. The molecule has 4 saturated carbocycles. The Morgan fingerprint density at radius 2 is 1.90 bits per heavy atom. The number of carbonyl (C=O) groups is 1. The molecular weight excluding hydrogens is 616 g/mol. The average Bonchev–Trinajstić information content (AvgIpc) is 3.60. The third-order valence-electron chi connectivity index (χ3n) is 13.6. The molecule has 5 fully saturated rings. The maximum atomic E-state index is 12.8. The Morgan fingerprint density at radius 3 is 2.62 bits per heavy atom. The minimum atomic E-state index is -0.913. The van der Waals surface area contributed by atoms with Crippen LogP contribution in [0.3, 0.4) is 0 Å². The van der Waals surface area contributed by atoms with Crippen LogP contribution in [0.5, 0.6) is 0 Å². The monoisotopic (exact) mass is 670 g/mol. The Hall–Kier alpha value is -2.53. The number of nitrogen functional groups attached to an aromatic ring is 1. The summed E-state index contributed by atoms with van der Waals surface area (Å²) in [4.78, 5) is 29.0. The number of carbonyl (C=O) groups excluding carboxylic acids is 1. The van der Waals surface area contributed by atoms with Gasteiger partial charge in [-0.1, -0.05) is 32.6 Å². The topological polar surface area (TPSA) is 200 Å². The van der Waals surface area contributed by atoms with E-state index in [0.29, 0.717) is 25.2 Å². The largest absolute Gasteiger partial charge is 0.394 e. The molecule has 4 aliphatic carbocycles. The molecule has 0 radical (unpaired) electrons. The fourth-order valence-electron chi connectivity index (χ4n) is 10.9. The molecule has 1 amide bonds. The number of nitrogens with two attached hydrogens (primary N) is 1. The first kappa shape index (κ1) is 35.3. The van der Waals surface area contributed by atoms with Crippen molar-refractivity contribution in [2.45, 2.75) is 122 Å². The fraction of sp³-hybridized carbons (Fsp3) is 0.806. The lowest BCUT2D eigenvalue weighted by molar-refractivity contribution is -0.207. The van der Waals surface area contributed by atoms with E-state index in [1.165, 1.54) is 10.8 Å². The number of rotatable bonds is 7. The summed E-state index contributed by atoms with van der Waals surface area (Å²) in [5.74, 6) is 6.96. The van der Waals surface area contributed by atoms with Gasteiger partial charge in [-0.15, -0.1) is 0 Å². The van der Waals surface area contributed by atoms with E-state index < -0.39 is 36.3 Å². The highest BCUT2D eigenvalue weighted by atomic mass is 16.5. The van der Waals surface area contributed by atoms with Crippen LogP contribution >= 0.6 is 0 Å². The molecular formula is C36H54N4O8. The average molecular weight is 671 g/mol. The summed E-state index contributed by atoms with van der Waals surface area (Å²) < 4.78 is 6.76. The van der Waals surface area contributed by atoms with Crippen LogP contribution in [0.2, 0.25) is 0 Å². The summed E-state index contributed by atoms with van der Waals surface area (Å²) in [5, 5.41) is 55.9. The lowest BCUT2D eigenvalue weighted by Crippen LogP contribution is -2.62. The number of ether oxygens (including phenoxy) is 1. The van der Waals surface area contributed by atoms with Crippen LogP contribution in [0.4, 0.5) is 5.82 Å². The van der Waals surface area contributed by atoms with Crippen LogP contribution in [0, 0.1) is 58.2 Å². The third-order valence-corrected chi connectivity index (χ3v) is 13.6. The van der Waals surface area contributed by atoms with E-state index in [2.05, 4.69) is 42.9 Å². The number of anilines is 1. The molecule has 8 N–H and O–H groups in total. The number of amides is 1. The smallest absolute Gasteiger partial charge is 0.351 e. The summed E-state index contributed by atoms with van der Waals surface area (Å²) in [6, 6.07) is 0. The molecule has 6 rings (SSSR count). The van der Waals surface area contributed by atoms with Crippen LogP contribution in [-0.2, 0) is 9.53 Å². The molecule has 12 nitrogen and oxygen atoms in total. The highest BCUT2D eigenvalue weighted by Gasteiger charge is 2.65. The van der Waals surface area contributed by atoms with Gasteiger partial charge in [0.2, 0.25) is 5.91 Å². The van der Waals surface area contributed by atoms with E-state index in [0.717, 1.165) is 38.5 Å². The predicted molar refractivity (Wildman–Crippen MR) is 177 cm³/mol. The summed E-state index contributed by atoms with van der Waals surface area (Å²) in [6.45, 7) is 6.46. The van der Waals surface area contributed by atoms with Crippen molar-refractivity contribution in [2.75, 3.05) is 18.9 Å². The molecule has 0 spiro atoms. The molecule has 266 valence electrons. The Labute approximate surface area is 282 Å². The van der Waals surface area contributed by atoms with Crippen molar-refractivity contribution >= 4 is 11.7 Å². The van der Waals surface area contributed by atoms with Gasteiger partial charge in [0.05, 0.1) is 43.1 Å². The number of aliphatic hydroxyl groups is 5. The minimum Gasteiger partial charge on any atom is -0.394 e. The summed E-state index contributed by atoms with van der Waals surface area (Å²) in [7, 11) is 0. The molecule has 48 heavy (non-hydrogen) atoms. The predicted octanol–water partition coefficient (Wildman–Crippen LogP) is 1.31. The van der Waals surface area contributed by atoms with E-state index >= 15 is 0 Å². The lowest BCUT2D eigenvalue weighted by Gasteiger charge is -2.63. The second kappa shape index (κ2) is 13.6. The molecule has 1 aliphatic heterocycles. The summed E-state index contributed by atoms with van der Waals surface area (Å²) >= 11 is 0. The van der Waals surface area contributed by atoms with Crippen molar-refractivity contribution in [3.8, 4) is 11.8 Å². The van der Waals surface area contributed by atoms with E-state index in [4.69, 9.17) is 10.5 Å². The number of aliphatic hydroxyl groups excluding tert-OH is 5. The highest BCUT2D eigenvalue weighted by Crippen LogP contribution is 2.68. The Balaban J connectivity index is 1.04. The SMILES string of the molecule is C[C@H](CCC(=O)NCC#Cc1cn([C@H]2C[C@H](O)[C@@H](CO)O2)c(=O)nc1N)C1CCC2C3C(C[C@H](O)[C@@]21C)[C@@]1(C)CC[C@@H](O)C[C@H]1C[C@H]3O. The second-order valence-corrected chi connectivity index (χ2v) is 16.0. The minimum absolute atomic E-state index is 0.0386. The molecule has 14 atom stereocenters. The molecule has 0 aromatic carbocycles. The molecule has 2 heterocycles. The van der Waals surface area contributed by atoms with E-state index in [1.54, 1.807) is 0 Å². The maximum Gasteiger partial charge on any atom is 0.351 e. The van der Waals surface area contributed by atoms with Crippen LogP contribution in [0.1, 0.15) is 96.8 Å². The Bertz CT molecular complexity index is 1480. The van der Waals surface area contributed by atoms with Gasteiger partial charge in [0.25, 0.3) is 0 Å². The van der Waals surface area contributed by atoms with Gasteiger partial charge in [-0.05, 0) is 97.7 Å². The first-order valence-electron chi connectivity index (χ1n) is 17.9. The molecule has 1 saturated heterocycles. The standard InChI is InChI=1S/C36H54N4O8/c1-19(6-9-30(46)38-12-4-5-20-17-40(34(47)39-33(20)37)31-16-26(43)28(18-41)48-31)23-7-8-24-32-25(15-29(45)36(23,24)3)35(2)11-10-22(42)13-21(35)14-27(32)44/h17,19,21-29,31-32,41-45H,6-16,18H2,1-3H3,(H,38,46)(H2,37,39,47)/t19-,21+,22-,23?,24?,25?,26+,27-,28-,29+,31-,32?,35+,36-/m1/s1. The van der Waals surface area contributed by atoms with Crippen molar-refractivity contribution in [1.82, 2.24) is 14.9 Å². The van der Waals surface area contributed by atoms with Crippen molar-refractivity contribution < 1.29 is 35.1 Å². The molecule has 1 aromatic heterocycles. The quantitative estimate of drug-likeness (QED) is 0.208. The second-order valence-electron chi connectivity index (χ2n) is 16.0. The van der Waals surface area contributed by atoms with E-state index in [9.17, 15) is 35.1 Å². The van der Waals surface area contributed by atoms with Crippen LogP contribution in [0.15, 0.2) is 11.0 Å². The maximum absolute atomic E-state index is 12.8. The molecule has 12 heteroatoms. The van der Waals surface area contributed by atoms with Gasteiger partial charge < -0.3 is 41.3 Å².